The van der Waals surface area contributed by atoms with Gasteiger partial charge >= 0.3 is 0 Å². The third-order valence-corrected chi connectivity index (χ3v) is 2.42. The third kappa shape index (κ3) is 1.54. The predicted octanol–water partition coefficient (Wildman–Crippen LogP) is 2.66. The molecule has 0 spiro atoms. The van der Waals surface area contributed by atoms with Gasteiger partial charge in [0.1, 0.15) is 5.75 Å². The average Bonchev–Trinajstić information content (AvgIpc) is 2.16. The molecular weight excluding hydrogens is 198 g/mol. The number of halogens is 1. The highest BCUT2D eigenvalue weighted by atomic mass is 35.5. The van der Waals surface area contributed by atoms with Crippen LogP contribution >= 0.6 is 11.6 Å². The van der Waals surface area contributed by atoms with E-state index in [-0.39, 0.29) is 5.75 Å². The van der Waals surface area contributed by atoms with Crippen molar-refractivity contribution in [1.29, 1.82) is 0 Å². The van der Waals surface area contributed by atoms with Gasteiger partial charge < -0.3 is 10.8 Å². The Hall–Kier alpha value is -1.25. The third-order valence-electron chi connectivity index (χ3n) is 2.19. The molecule has 0 aromatic heterocycles. The van der Waals surface area contributed by atoms with E-state index in [1.54, 1.807) is 18.2 Å². The number of hydrogen-bond acceptors (Lipinski definition) is 2. The molecule has 3 N–H and O–H groups in total. The van der Waals surface area contributed by atoms with Crippen LogP contribution in [-0.4, -0.2) is 5.11 Å². The van der Waals surface area contributed by atoms with Crippen molar-refractivity contribution in [2.75, 3.05) is 0 Å². The molecule has 3 heteroatoms. The van der Waals surface area contributed by atoms with E-state index >= 15 is 0 Å². The van der Waals surface area contributed by atoms with Crippen molar-refractivity contribution in [3.63, 3.8) is 0 Å². The lowest BCUT2D eigenvalue weighted by atomic mass is 10.1. The first-order valence-electron chi connectivity index (χ1n) is 4.32. The maximum absolute atomic E-state index is 9.68. The maximum atomic E-state index is 9.68. The fourth-order valence-corrected chi connectivity index (χ4v) is 1.68. The van der Waals surface area contributed by atoms with Gasteiger partial charge in [-0.3, -0.25) is 0 Å². The van der Waals surface area contributed by atoms with Crippen LogP contribution in [-0.2, 0) is 6.54 Å². The van der Waals surface area contributed by atoms with Crippen molar-refractivity contribution in [2.24, 2.45) is 5.73 Å². The molecule has 72 valence electrons. The number of hydrogen-bond donors (Lipinski definition) is 2. The number of fused-ring (bicyclic) bond motifs is 1. The Morgan fingerprint density at radius 1 is 1.21 bits per heavy atom. The molecule has 0 fully saturated rings. The number of benzene rings is 2. The van der Waals surface area contributed by atoms with Gasteiger partial charge in [0.05, 0.1) is 0 Å². The maximum Gasteiger partial charge on any atom is 0.123 e. The quantitative estimate of drug-likeness (QED) is 0.755. The Labute approximate surface area is 86.9 Å². The summed E-state index contributed by atoms with van der Waals surface area (Å²) in [6, 6.07) is 8.98. The number of phenols is 1. The van der Waals surface area contributed by atoms with Crippen molar-refractivity contribution in [1.82, 2.24) is 0 Å². The van der Waals surface area contributed by atoms with E-state index in [1.807, 2.05) is 12.1 Å². The highest BCUT2D eigenvalue weighted by Crippen LogP contribution is 2.28. The van der Waals surface area contributed by atoms with E-state index in [9.17, 15) is 5.11 Å². The Kier molecular flexibility index (Phi) is 2.32. The van der Waals surface area contributed by atoms with Crippen LogP contribution in [0.15, 0.2) is 30.3 Å². The lowest BCUT2D eigenvalue weighted by Gasteiger charge is -2.04. The Balaban J connectivity index is 2.77. The largest absolute Gasteiger partial charge is 0.507 e. The Morgan fingerprint density at radius 3 is 2.71 bits per heavy atom. The molecular formula is C11H10ClNO. The predicted molar refractivity (Wildman–Crippen MR) is 58.5 cm³/mol. The van der Waals surface area contributed by atoms with Gasteiger partial charge in [-0.25, -0.2) is 0 Å². The van der Waals surface area contributed by atoms with Gasteiger partial charge in [0.2, 0.25) is 0 Å². The lowest BCUT2D eigenvalue weighted by Crippen LogP contribution is -1.95. The Bertz CT molecular complexity index is 482. The summed E-state index contributed by atoms with van der Waals surface area (Å²) in [6.07, 6.45) is 0. The van der Waals surface area contributed by atoms with Crippen LogP contribution in [0.5, 0.6) is 5.75 Å². The summed E-state index contributed by atoms with van der Waals surface area (Å²) in [7, 11) is 0. The van der Waals surface area contributed by atoms with Crippen molar-refractivity contribution in [2.45, 2.75) is 6.54 Å². The zero-order chi connectivity index (χ0) is 10.1. The first-order valence-corrected chi connectivity index (χ1v) is 4.70. The van der Waals surface area contributed by atoms with Crippen LogP contribution in [0.2, 0.25) is 5.02 Å². The van der Waals surface area contributed by atoms with Gasteiger partial charge in [-0.05, 0) is 41.3 Å². The first-order chi connectivity index (χ1) is 6.70. The minimum atomic E-state index is 0.250. The van der Waals surface area contributed by atoms with Crippen molar-refractivity contribution >= 4 is 22.4 Å². The molecule has 0 saturated carbocycles. The SMILES string of the molecule is NCc1cc(O)c2ccc(Cl)cc2c1. The van der Waals surface area contributed by atoms with Crippen LogP contribution < -0.4 is 5.73 Å². The van der Waals surface area contributed by atoms with Crippen LogP contribution in [0.4, 0.5) is 0 Å². The fraction of sp³-hybridized carbons (Fsp3) is 0.0909. The summed E-state index contributed by atoms with van der Waals surface area (Å²) in [5.74, 6) is 0.250. The van der Waals surface area contributed by atoms with E-state index < -0.39 is 0 Å². The van der Waals surface area contributed by atoms with Crippen molar-refractivity contribution < 1.29 is 5.11 Å². The highest BCUT2D eigenvalue weighted by molar-refractivity contribution is 6.31. The van der Waals surface area contributed by atoms with E-state index in [0.717, 1.165) is 16.3 Å². The molecule has 0 saturated heterocycles. The van der Waals surface area contributed by atoms with E-state index in [1.165, 1.54) is 0 Å². The monoisotopic (exact) mass is 207 g/mol. The topological polar surface area (TPSA) is 46.2 Å². The molecule has 2 aromatic carbocycles. The van der Waals surface area contributed by atoms with Gasteiger partial charge in [-0.15, -0.1) is 0 Å². The fourth-order valence-electron chi connectivity index (χ4n) is 1.50. The summed E-state index contributed by atoms with van der Waals surface area (Å²) < 4.78 is 0. The van der Waals surface area contributed by atoms with Gasteiger partial charge in [-0.2, -0.15) is 0 Å². The second kappa shape index (κ2) is 3.48. The lowest BCUT2D eigenvalue weighted by molar-refractivity contribution is 0.481. The average molecular weight is 208 g/mol. The molecule has 0 heterocycles. The molecule has 0 unspecified atom stereocenters. The number of aromatic hydroxyl groups is 1. The van der Waals surface area contributed by atoms with E-state index in [2.05, 4.69) is 0 Å². The summed E-state index contributed by atoms with van der Waals surface area (Å²) in [6.45, 7) is 0.413. The first kappa shape index (κ1) is 9.31. The van der Waals surface area contributed by atoms with E-state index in [0.29, 0.717) is 11.6 Å². The van der Waals surface area contributed by atoms with Crippen molar-refractivity contribution in [3.05, 3.63) is 40.9 Å². The number of phenolic OH excluding ortho intramolecular Hbond substituents is 1. The Morgan fingerprint density at radius 2 is 2.00 bits per heavy atom. The molecule has 14 heavy (non-hydrogen) atoms. The van der Waals surface area contributed by atoms with Crippen LogP contribution in [0.25, 0.3) is 10.8 Å². The highest BCUT2D eigenvalue weighted by Gasteiger charge is 2.02. The molecule has 0 bridgehead atoms. The number of nitrogens with two attached hydrogens (primary N) is 1. The van der Waals surface area contributed by atoms with Crippen LogP contribution in [0.1, 0.15) is 5.56 Å². The molecule has 0 aliphatic heterocycles. The van der Waals surface area contributed by atoms with Gasteiger partial charge in [0, 0.05) is 17.0 Å². The van der Waals surface area contributed by atoms with E-state index in [4.69, 9.17) is 17.3 Å². The van der Waals surface area contributed by atoms with Gasteiger partial charge in [0.15, 0.2) is 0 Å². The summed E-state index contributed by atoms with van der Waals surface area (Å²) in [5, 5.41) is 12.0. The molecule has 0 atom stereocenters. The molecule has 0 aliphatic carbocycles. The zero-order valence-electron chi connectivity index (χ0n) is 7.50. The molecule has 2 nitrogen and oxygen atoms in total. The molecule has 0 amide bonds. The molecule has 0 radical (unpaired) electrons. The smallest absolute Gasteiger partial charge is 0.123 e. The zero-order valence-corrected chi connectivity index (χ0v) is 8.25. The molecule has 0 aliphatic rings. The van der Waals surface area contributed by atoms with Gasteiger partial charge in [-0.1, -0.05) is 11.6 Å². The second-order valence-corrected chi connectivity index (χ2v) is 3.62. The second-order valence-electron chi connectivity index (χ2n) is 3.18. The van der Waals surface area contributed by atoms with Gasteiger partial charge in [0.25, 0.3) is 0 Å². The van der Waals surface area contributed by atoms with Crippen LogP contribution in [0, 0.1) is 0 Å². The molecule has 2 rings (SSSR count). The minimum Gasteiger partial charge on any atom is -0.507 e. The van der Waals surface area contributed by atoms with Crippen molar-refractivity contribution in [3.8, 4) is 5.75 Å². The summed E-state index contributed by atoms with van der Waals surface area (Å²) in [5.41, 5.74) is 6.40. The summed E-state index contributed by atoms with van der Waals surface area (Å²) >= 11 is 5.85. The summed E-state index contributed by atoms with van der Waals surface area (Å²) in [4.78, 5) is 0. The molecule has 2 aromatic rings. The number of rotatable bonds is 1. The minimum absolute atomic E-state index is 0.250. The normalized spacial score (nSPS) is 10.7. The standard InChI is InChI=1S/C11H10ClNO/c12-9-1-2-10-8(5-9)3-7(6-13)4-11(10)14/h1-5,14H,6,13H2. The van der Waals surface area contributed by atoms with Crippen LogP contribution in [0.3, 0.4) is 0 Å².